The van der Waals surface area contributed by atoms with Gasteiger partial charge in [-0.3, -0.25) is 0 Å². The van der Waals surface area contributed by atoms with E-state index >= 15 is 0 Å². The number of hydrogen-bond acceptors (Lipinski definition) is 4. The van der Waals surface area contributed by atoms with Gasteiger partial charge in [0.15, 0.2) is 0 Å². The molecule has 2 aliphatic rings. The number of nitrogens with zero attached hydrogens (tertiary/aromatic N) is 2. The second-order valence-corrected chi connectivity index (χ2v) is 4.43. The third-order valence-electron chi connectivity index (χ3n) is 3.31. The zero-order valence-corrected chi connectivity index (χ0v) is 9.50. The van der Waals surface area contributed by atoms with Crippen molar-refractivity contribution in [1.29, 1.82) is 0 Å². The molecule has 1 fully saturated rings. The molecule has 2 N–H and O–H groups in total. The van der Waals surface area contributed by atoms with E-state index in [2.05, 4.69) is 27.7 Å². The molecule has 0 radical (unpaired) electrons. The van der Waals surface area contributed by atoms with Crippen LogP contribution in [0.3, 0.4) is 0 Å². The highest BCUT2D eigenvalue weighted by Gasteiger charge is 2.15. The van der Waals surface area contributed by atoms with Crippen LogP contribution in [0.5, 0.6) is 0 Å². The third kappa shape index (κ3) is 1.85. The lowest BCUT2D eigenvalue weighted by molar-refractivity contribution is 0.584. The van der Waals surface area contributed by atoms with Gasteiger partial charge in [-0.1, -0.05) is 0 Å². The largest absolute Gasteiger partial charge is 0.384 e. The Kier molecular flexibility index (Phi) is 2.66. The first-order valence-electron chi connectivity index (χ1n) is 6.13. The second kappa shape index (κ2) is 4.29. The van der Waals surface area contributed by atoms with E-state index in [-0.39, 0.29) is 0 Å². The van der Waals surface area contributed by atoms with Gasteiger partial charge in [0.1, 0.15) is 5.82 Å². The first kappa shape index (κ1) is 9.90. The SMILES string of the molecule is c1cc2c(nc1N1CCNCC1)CCCN2. The highest BCUT2D eigenvalue weighted by atomic mass is 15.2. The molecule has 3 heterocycles. The number of piperazine rings is 1. The molecular formula is C12H18N4. The van der Waals surface area contributed by atoms with Crippen molar-refractivity contribution in [2.24, 2.45) is 0 Å². The van der Waals surface area contributed by atoms with Crippen molar-refractivity contribution in [1.82, 2.24) is 10.3 Å². The quantitative estimate of drug-likeness (QED) is 0.733. The van der Waals surface area contributed by atoms with Gasteiger partial charge in [0, 0.05) is 32.7 Å². The van der Waals surface area contributed by atoms with Crippen molar-refractivity contribution in [3.05, 3.63) is 17.8 Å². The molecule has 0 aliphatic carbocycles. The van der Waals surface area contributed by atoms with Gasteiger partial charge in [-0.25, -0.2) is 4.98 Å². The zero-order chi connectivity index (χ0) is 10.8. The van der Waals surface area contributed by atoms with Crippen molar-refractivity contribution in [3.63, 3.8) is 0 Å². The molecule has 3 rings (SSSR count). The van der Waals surface area contributed by atoms with Crippen LogP contribution in [0.1, 0.15) is 12.1 Å². The minimum absolute atomic E-state index is 1.07. The number of nitrogens with one attached hydrogen (secondary N) is 2. The lowest BCUT2D eigenvalue weighted by Crippen LogP contribution is -2.44. The van der Waals surface area contributed by atoms with Crippen LogP contribution in [0, 0.1) is 0 Å². The molecule has 2 aliphatic heterocycles. The molecule has 0 amide bonds. The predicted octanol–water partition coefficient (Wildman–Crippen LogP) is 0.849. The normalized spacial score (nSPS) is 20.1. The summed E-state index contributed by atoms with van der Waals surface area (Å²) in [5, 5.41) is 6.76. The van der Waals surface area contributed by atoms with Crippen LogP contribution < -0.4 is 15.5 Å². The summed E-state index contributed by atoms with van der Waals surface area (Å²) in [7, 11) is 0. The molecule has 0 aromatic carbocycles. The number of aromatic nitrogens is 1. The lowest BCUT2D eigenvalue weighted by Gasteiger charge is -2.29. The van der Waals surface area contributed by atoms with Gasteiger partial charge < -0.3 is 15.5 Å². The van der Waals surface area contributed by atoms with Gasteiger partial charge in [0.25, 0.3) is 0 Å². The molecule has 86 valence electrons. The molecule has 0 atom stereocenters. The Balaban J connectivity index is 1.84. The molecule has 0 saturated carbocycles. The van der Waals surface area contributed by atoms with E-state index in [0.717, 1.165) is 45.0 Å². The summed E-state index contributed by atoms with van der Waals surface area (Å²) in [6.07, 6.45) is 2.31. The first-order chi connectivity index (χ1) is 7.93. The van der Waals surface area contributed by atoms with Gasteiger partial charge in [0.2, 0.25) is 0 Å². The average molecular weight is 218 g/mol. The first-order valence-corrected chi connectivity index (χ1v) is 6.13. The predicted molar refractivity (Wildman–Crippen MR) is 66.1 cm³/mol. The minimum Gasteiger partial charge on any atom is -0.384 e. The van der Waals surface area contributed by atoms with Crippen molar-refractivity contribution < 1.29 is 0 Å². The van der Waals surface area contributed by atoms with Crippen LogP contribution in [0.4, 0.5) is 11.5 Å². The monoisotopic (exact) mass is 218 g/mol. The summed E-state index contributed by atoms with van der Waals surface area (Å²) < 4.78 is 0. The maximum Gasteiger partial charge on any atom is 0.129 e. The third-order valence-corrected chi connectivity index (χ3v) is 3.31. The molecular weight excluding hydrogens is 200 g/mol. The minimum atomic E-state index is 1.07. The Bertz CT molecular complexity index is 371. The van der Waals surface area contributed by atoms with Crippen molar-refractivity contribution in [2.45, 2.75) is 12.8 Å². The number of pyridine rings is 1. The molecule has 0 bridgehead atoms. The fourth-order valence-electron chi connectivity index (χ4n) is 2.39. The van der Waals surface area contributed by atoms with Gasteiger partial charge in [-0.2, -0.15) is 0 Å². The molecule has 1 aromatic heterocycles. The Hall–Kier alpha value is -1.29. The van der Waals surface area contributed by atoms with Gasteiger partial charge in [-0.05, 0) is 25.0 Å². The van der Waals surface area contributed by atoms with Crippen molar-refractivity contribution in [2.75, 3.05) is 42.9 Å². The van der Waals surface area contributed by atoms with E-state index in [1.807, 2.05) is 0 Å². The van der Waals surface area contributed by atoms with E-state index in [1.165, 1.54) is 17.8 Å². The molecule has 0 spiro atoms. The smallest absolute Gasteiger partial charge is 0.129 e. The van der Waals surface area contributed by atoms with Gasteiger partial charge >= 0.3 is 0 Å². The molecule has 1 aromatic rings. The summed E-state index contributed by atoms with van der Waals surface area (Å²) in [5.74, 6) is 1.14. The summed E-state index contributed by atoms with van der Waals surface area (Å²) >= 11 is 0. The van der Waals surface area contributed by atoms with Crippen LogP contribution >= 0.6 is 0 Å². The number of hydrogen-bond donors (Lipinski definition) is 2. The van der Waals surface area contributed by atoms with Crippen LogP contribution in [-0.2, 0) is 6.42 Å². The molecule has 16 heavy (non-hydrogen) atoms. The topological polar surface area (TPSA) is 40.2 Å². The molecule has 4 heteroatoms. The maximum absolute atomic E-state index is 4.77. The van der Waals surface area contributed by atoms with E-state index in [4.69, 9.17) is 4.98 Å². The Labute approximate surface area is 96.1 Å². The van der Waals surface area contributed by atoms with Crippen LogP contribution in [0.2, 0.25) is 0 Å². The highest BCUT2D eigenvalue weighted by molar-refractivity contribution is 5.55. The Morgan fingerprint density at radius 2 is 2.00 bits per heavy atom. The lowest BCUT2D eigenvalue weighted by atomic mass is 10.1. The molecule has 1 saturated heterocycles. The average Bonchev–Trinajstić information content (AvgIpc) is 2.39. The standard InChI is InChI=1S/C12H18N4/c1-2-11-10(14-5-1)3-4-12(15-11)16-8-6-13-7-9-16/h3-4,13-14H,1-2,5-9H2. The maximum atomic E-state index is 4.77. The summed E-state index contributed by atoms with van der Waals surface area (Å²) in [5.41, 5.74) is 2.47. The summed E-state index contributed by atoms with van der Waals surface area (Å²) in [6, 6.07) is 4.32. The Morgan fingerprint density at radius 3 is 2.88 bits per heavy atom. The second-order valence-electron chi connectivity index (χ2n) is 4.43. The van der Waals surface area contributed by atoms with E-state index < -0.39 is 0 Å². The number of aryl methyl sites for hydroxylation is 1. The van der Waals surface area contributed by atoms with E-state index in [1.54, 1.807) is 0 Å². The highest BCUT2D eigenvalue weighted by Crippen LogP contribution is 2.23. The van der Waals surface area contributed by atoms with Crippen molar-refractivity contribution >= 4 is 11.5 Å². The van der Waals surface area contributed by atoms with E-state index in [0.29, 0.717) is 0 Å². The van der Waals surface area contributed by atoms with Crippen LogP contribution in [0.15, 0.2) is 12.1 Å². The van der Waals surface area contributed by atoms with Crippen molar-refractivity contribution in [3.8, 4) is 0 Å². The number of rotatable bonds is 1. The van der Waals surface area contributed by atoms with Gasteiger partial charge in [-0.15, -0.1) is 0 Å². The van der Waals surface area contributed by atoms with Gasteiger partial charge in [0.05, 0.1) is 11.4 Å². The zero-order valence-electron chi connectivity index (χ0n) is 9.50. The van der Waals surface area contributed by atoms with Crippen LogP contribution in [-0.4, -0.2) is 37.7 Å². The van der Waals surface area contributed by atoms with Crippen LogP contribution in [0.25, 0.3) is 0 Å². The summed E-state index contributed by atoms with van der Waals surface area (Å²) in [6.45, 7) is 5.36. The molecule has 4 nitrogen and oxygen atoms in total. The fraction of sp³-hybridized carbons (Fsp3) is 0.583. The van der Waals surface area contributed by atoms with E-state index in [9.17, 15) is 0 Å². The number of anilines is 2. The fourth-order valence-corrected chi connectivity index (χ4v) is 2.39. The molecule has 0 unspecified atom stereocenters. The summed E-state index contributed by atoms with van der Waals surface area (Å²) in [4.78, 5) is 7.14. The number of fused-ring (bicyclic) bond motifs is 1. The Morgan fingerprint density at radius 1 is 1.12 bits per heavy atom.